The van der Waals surface area contributed by atoms with E-state index in [9.17, 15) is 13.2 Å². The van der Waals surface area contributed by atoms with Crippen molar-refractivity contribution in [1.82, 2.24) is 24.4 Å². The van der Waals surface area contributed by atoms with Gasteiger partial charge in [-0.2, -0.15) is 4.31 Å². The van der Waals surface area contributed by atoms with E-state index in [2.05, 4.69) is 15.5 Å². The molecule has 10 heteroatoms. The standard InChI is InChI=1S/C25H35N5O3S2/c1-4-30(5-2)35(32,33)21-8-6-7-20(12-21)23-27-28-24(29(23)3)34-16-22(31)26-25-13-17-9-18(14-25)11-19(10-17)15-25/h6-8,12,17-19H,4-5,9-11,13-16H2,1-3H3,(H,26,31). The maximum Gasteiger partial charge on any atom is 0.243 e. The van der Waals surface area contributed by atoms with Gasteiger partial charge in [-0.15, -0.1) is 10.2 Å². The van der Waals surface area contributed by atoms with Gasteiger partial charge in [-0.1, -0.05) is 37.7 Å². The molecule has 0 saturated heterocycles. The van der Waals surface area contributed by atoms with Gasteiger partial charge in [-0.3, -0.25) is 4.79 Å². The molecule has 4 aliphatic rings. The molecule has 4 fully saturated rings. The van der Waals surface area contributed by atoms with Crippen LogP contribution in [0.2, 0.25) is 0 Å². The highest BCUT2D eigenvalue weighted by molar-refractivity contribution is 7.99. The van der Waals surface area contributed by atoms with Crippen LogP contribution in [0.25, 0.3) is 11.4 Å². The van der Waals surface area contributed by atoms with Gasteiger partial charge in [0.2, 0.25) is 15.9 Å². The van der Waals surface area contributed by atoms with Gasteiger partial charge in [0, 0.05) is 31.2 Å². The second-order valence-corrected chi connectivity index (χ2v) is 13.4. The summed E-state index contributed by atoms with van der Waals surface area (Å²) in [6.45, 7) is 4.49. The van der Waals surface area contributed by atoms with Crippen molar-refractivity contribution in [3.8, 4) is 11.4 Å². The Balaban J connectivity index is 1.26. The molecule has 35 heavy (non-hydrogen) atoms. The van der Waals surface area contributed by atoms with Crippen LogP contribution < -0.4 is 5.32 Å². The SMILES string of the molecule is CCN(CC)S(=O)(=O)c1cccc(-c2nnc(SCC(=O)NC34CC5CC(CC(C5)C3)C4)n2C)c1. The zero-order valence-corrected chi connectivity index (χ0v) is 22.4. The third-order valence-corrected chi connectivity index (χ3v) is 11.1. The summed E-state index contributed by atoms with van der Waals surface area (Å²) in [5.41, 5.74) is 0.687. The van der Waals surface area contributed by atoms with Crippen molar-refractivity contribution in [1.29, 1.82) is 0 Å². The molecule has 1 aromatic heterocycles. The van der Waals surface area contributed by atoms with Crippen molar-refractivity contribution in [3.63, 3.8) is 0 Å². The highest BCUT2D eigenvalue weighted by Gasteiger charge is 2.51. The van der Waals surface area contributed by atoms with Crippen molar-refractivity contribution >= 4 is 27.7 Å². The molecule has 0 aliphatic heterocycles. The zero-order chi connectivity index (χ0) is 24.8. The highest BCUT2D eigenvalue weighted by Crippen LogP contribution is 2.55. The van der Waals surface area contributed by atoms with Gasteiger partial charge >= 0.3 is 0 Å². The van der Waals surface area contributed by atoms with Crippen LogP contribution in [0, 0.1) is 17.8 Å². The Labute approximate surface area is 212 Å². The molecule has 4 saturated carbocycles. The summed E-state index contributed by atoms with van der Waals surface area (Å²) in [6, 6.07) is 6.81. The molecule has 8 nitrogen and oxygen atoms in total. The number of nitrogens with one attached hydrogen (secondary N) is 1. The van der Waals surface area contributed by atoms with E-state index in [4.69, 9.17) is 0 Å². The number of benzene rings is 1. The van der Waals surface area contributed by atoms with Gasteiger partial charge in [-0.05, 0) is 68.4 Å². The molecule has 0 atom stereocenters. The Kier molecular flexibility index (Phi) is 6.74. The number of carbonyl (C=O) groups is 1. The number of sulfonamides is 1. The first-order valence-corrected chi connectivity index (χ1v) is 15.1. The van der Waals surface area contributed by atoms with Gasteiger partial charge in [0.1, 0.15) is 0 Å². The average molecular weight is 518 g/mol. The van der Waals surface area contributed by atoms with Crippen LogP contribution in [0.5, 0.6) is 0 Å². The summed E-state index contributed by atoms with van der Waals surface area (Å²) in [5, 5.41) is 12.6. The number of aromatic nitrogens is 3. The first-order valence-electron chi connectivity index (χ1n) is 12.7. The summed E-state index contributed by atoms with van der Waals surface area (Å²) in [5.74, 6) is 3.30. The lowest BCUT2D eigenvalue weighted by Crippen LogP contribution is -2.60. The second-order valence-electron chi connectivity index (χ2n) is 10.5. The van der Waals surface area contributed by atoms with Gasteiger partial charge in [0.05, 0.1) is 10.6 Å². The third kappa shape index (κ3) is 4.76. The normalized spacial score (nSPS) is 27.5. The zero-order valence-electron chi connectivity index (χ0n) is 20.7. The van der Waals surface area contributed by atoms with Crippen molar-refractivity contribution in [2.45, 2.75) is 68.0 Å². The molecule has 0 unspecified atom stereocenters. The van der Waals surface area contributed by atoms with Crippen molar-refractivity contribution < 1.29 is 13.2 Å². The minimum Gasteiger partial charge on any atom is -0.350 e. The molecule has 0 radical (unpaired) electrons. The number of hydrogen-bond donors (Lipinski definition) is 1. The van der Waals surface area contributed by atoms with Crippen molar-refractivity contribution in [3.05, 3.63) is 24.3 Å². The van der Waals surface area contributed by atoms with Crippen molar-refractivity contribution in [2.75, 3.05) is 18.8 Å². The average Bonchev–Trinajstić information content (AvgIpc) is 3.17. The molecule has 0 spiro atoms. The minimum atomic E-state index is -3.56. The highest BCUT2D eigenvalue weighted by atomic mass is 32.2. The van der Waals surface area contributed by atoms with Crippen LogP contribution in [0.1, 0.15) is 52.4 Å². The van der Waals surface area contributed by atoms with Crippen LogP contribution in [-0.2, 0) is 21.9 Å². The van der Waals surface area contributed by atoms with E-state index in [1.165, 1.54) is 35.3 Å². The smallest absolute Gasteiger partial charge is 0.243 e. The topological polar surface area (TPSA) is 97.2 Å². The van der Waals surface area contributed by atoms with Gasteiger partial charge < -0.3 is 9.88 Å². The molecular formula is C25H35N5O3S2. The van der Waals surface area contributed by atoms with Crippen LogP contribution in [0.3, 0.4) is 0 Å². The van der Waals surface area contributed by atoms with E-state index >= 15 is 0 Å². The molecule has 1 amide bonds. The largest absolute Gasteiger partial charge is 0.350 e. The summed E-state index contributed by atoms with van der Waals surface area (Å²) in [6.07, 6.45) is 7.46. The van der Waals surface area contributed by atoms with Crippen LogP contribution in [-0.4, -0.2) is 57.8 Å². The minimum absolute atomic E-state index is 0.00817. The summed E-state index contributed by atoms with van der Waals surface area (Å²) in [4.78, 5) is 13.1. The molecule has 6 rings (SSSR count). The first kappa shape index (κ1) is 24.8. The Morgan fingerprint density at radius 1 is 1.11 bits per heavy atom. The second kappa shape index (κ2) is 9.52. The van der Waals surface area contributed by atoms with Crippen LogP contribution in [0.15, 0.2) is 34.3 Å². The predicted octanol–water partition coefficient (Wildman–Crippen LogP) is 3.69. The molecule has 1 N–H and O–H groups in total. The summed E-state index contributed by atoms with van der Waals surface area (Å²) < 4.78 is 29.1. The number of carbonyl (C=O) groups excluding carboxylic acids is 1. The summed E-state index contributed by atoms with van der Waals surface area (Å²) >= 11 is 1.37. The van der Waals surface area contributed by atoms with E-state index < -0.39 is 10.0 Å². The Morgan fingerprint density at radius 3 is 2.34 bits per heavy atom. The maximum absolute atomic E-state index is 12.9. The Morgan fingerprint density at radius 2 is 1.74 bits per heavy atom. The predicted molar refractivity (Wildman–Crippen MR) is 136 cm³/mol. The fourth-order valence-corrected chi connectivity index (χ4v) is 9.14. The first-order chi connectivity index (χ1) is 16.7. The quantitative estimate of drug-likeness (QED) is 0.510. The maximum atomic E-state index is 12.9. The monoisotopic (exact) mass is 517 g/mol. The molecule has 2 aromatic rings. The number of amides is 1. The molecular weight excluding hydrogens is 482 g/mol. The molecule has 4 bridgehead atoms. The number of nitrogens with zero attached hydrogens (tertiary/aromatic N) is 4. The van der Waals surface area contributed by atoms with Gasteiger partial charge in [-0.25, -0.2) is 8.42 Å². The fraction of sp³-hybridized carbons (Fsp3) is 0.640. The molecule has 1 heterocycles. The van der Waals surface area contributed by atoms with E-state index in [1.54, 1.807) is 18.2 Å². The van der Waals surface area contributed by atoms with E-state index in [1.807, 2.05) is 31.5 Å². The van der Waals surface area contributed by atoms with E-state index in [-0.39, 0.29) is 16.3 Å². The summed E-state index contributed by atoms with van der Waals surface area (Å²) in [7, 11) is -1.72. The van der Waals surface area contributed by atoms with Gasteiger partial charge in [0.25, 0.3) is 0 Å². The molecule has 4 aliphatic carbocycles. The lowest BCUT2D eigenvalue weighted by Gasteiger charge is -2.56. The van der Waals surface area contributed by atoms with Crippen LogP contribution >= 0.6 is 11.8 Å². The number of hydrogen-bond acceptors (Lipinski definition) is 6. The number of rotatable bonds is 9. The molecule has 1 aromatic carbocycles. The lowest BCUT2D eigenvalue weighted by atomic mass is 9.53. The van der Waals surface area contributed by atoms with Crippen LogP contribution in [0.4, 0.5) is 0 Å². The van der Waals surface area contributed by atoms with Gasteiger partial charge in [0.15, 0.2) is 11.0 Å². The van der Waals surface area contributed by atoms with Crippen molar-refractivity contribution in [2.24, 2.45) is 24.8 Å². The molecule has 190 valence electrons. The fourth-order valence-electron chi connectivity index (χ4n) is 6.93. The third-order valence-electron chi connectivity index (χ3n) is 8.05. The van der Waals surface area contributed by atoms with E-state index in [0.29, 0.717) is 35.4 Å². The van der Waals surface area contributed by atoms with E-state index in [0.717, 1.165) is 37.0 Å². The number of thioether (sulfide) groups is 1. The lowest BCUT2D eigenvalue weighted by molar-refractivity contribution is -0.124. The Hall–Kier alpha value is -1.91. The Bertz CT molecular complexity index is 1170.